The summed E-state index contributed by atoms with van der Waals surface area (Å²) in [5, 5.41) is 0. The van der Waals surface area contributed by atoms with Gasteiger partial charge in [0.1, 0.15) is 5.69 Å². The van der Waals surface area contributed by atoms with E-state index in [1.54, 1.807) is 18.5 Å². The number of aromatic nitrogens is 2. The van der Waals surface area contributed by atoms with Crippen LogP contribution in [0.1, 0.15) is 35.3 Å². The molecular formula is C20H23N3O2. The highest BCUT2D eigenvalue weighted by Gasteiger charge is 2.50. The van der Waals surface area contributed by atoms with Gasteiger partial charge in [0.05, 0.1) is 13.2 Å². The Morgan fingerprint density at radius 3 is 3.04 bits per heavy atom. The quantitative estimate of drug-likeness (QED) is 0.842. The predicted octanol–water partition coefficient (Wildman–Crippen LogP) is 2.94. The van der Waals surface area contributed by atoms with E-state index in [2.05, 4.69) is 9.97 Å². The van der Waals surface area contributed by atoms with Gasteiger partial charge >= 0.3 is 0 Å². The summed E-state index contributed by atoms with van der Waals surface area (Å²) >= 11 is 0. The molecule has 2 aromatic heterocycles. The van der Waals surface area contributed by atoms with Crippen LogP contribution in [0.5, 0.6) is 0 Å². The Hall–Kier alpha value is -2.27. The molecule has 1 aliphatic heterocycles. The van der Waals surface area contributed by atoms with Gasteiger partial charge < -0.3 is 9.64 Å². The van der Waals surface area contributed by atoms with Crippen molar-refractivity contribution in [2.75, 3.05) is 19.7 Å². The molecule has 0 N–H and O–H groups in total. The Balaban J connectivity index is 1.41. The van der Waals surface area contributed by atoms with Crippen LogP contribution in [0.2, 0.25) is 0 Å². The highest BCUT2D eigenvalue weighted by Crippen LogP contribution is 2.49. The van der Waals surface area contributed by atoms with Crippen molar-refractivity contribution in [3.8, 4) is 0 Å². The normalized spacial score (nSPS) is 25.1. The maximum atomic E-state index is 12.7. The number of rotatable bonds is 5. The number of ether oxygens (including phenoxy) is 1. The number of hydrogen-bond donors (Lipinski definition) is 0. The van der Waals surface area contributed by atoms with E-state index in [9.17, 15) is 4.79 Å². The zero-order chi connectivity index (χ0) is 17.1. The third-order valence-electron chi connectivity index (χ3n) is 5.59. The van der Waals surface area contributed by atoms with Gasteiger partial charge in [-0.25, -0.2) is 0 Å². The SMILES string of the molecule is O=C(c1ccccn1)N1C[C@H]2CCC[C@@]2(COCc2cccnc2)C1. The van der Waals surface area contributed by atoms with E-state index in [0.29, 0.717) is 24.8 Å². The summed E-state index contributed by atoms with van der Waals surface area (Å²) in [6.45, 7) is 2.89. The van der Waals surface area contributed by atoms with Crippen LogP contribution in [0.4, 0.5) is 0 Å². The van der Waals surface area contributed by atoms with E-state index >= 15 is 0 Å². The van der Waals surface area contributed by atoms with E-state index in [1.807, 2.05) is 35.4 Å². The van der Waals surface area contributed by atoms with Crippen LogP contribution in [0, 0.1) is 11.3 Å². The molecule has 2 aliphatic rings. The first-order valence-electron chi connectivity index (χ1n) is 8.94. The van der Waals surface area contributed by atoms with Crippen LogP contribution < -0.4 is 0 Å². The number of likely N-dealkylation sites (tertiary alicyclic amines) is 1. The van der Waals surface area contributed by atoms with Crippen molar-refractivity contribution < 1.29 is 9.53 Å². The second kappa shape index (κ2) is 6.92. The summed E-state index contributed by atoms with van der Waals surface area (Å²) in [5.74, 6) is 0.579. The van der Waals surface area contributed by atoms with E-state index in [-0.39, 0.29) is 11.3 Å². The molecule has 0 bridgehead atoms. The molecule has 5 nitrogen and oxygen atoms in total. The average Bonchev–Trinajstić information content (AvgIpc) is 3.20. The minimum Gasteiger partial charge on any atom is -0.376 e. The standard InChI is InChI=1S/C20H23N3O2/c24-19(18-7-1-2-10-22-18)23-12-17-6-3-8-20(17,14-23)15-25-13-16-5-4-9-21-11-16/h1-2,4-5,7,9-11,17H,3,6,8,12-15H2/t17-,20+/m1/s1. The monoisotopic (exact) mass is 337 g/mol. The summed E-state index contributed by atoms with van der Waals surface area (Å²) in [6, 6.07) is 9.45. The third kappa shape index (κ3) is 3.29. The molecule has 1 aliphatic carbocycles. The first-order chi connectivity index (χ1) is 12.3. The molecule has 2 fully saturated rings. The number of amides is 1. The average molecular weight is 337 g/mol. The second-order valence-corrected chi connectivity index (χ2v) is 7.21. The van der Waals surface area contributed by atoms with Crippen molar-refractivity contribution in [3.05, 3.63) is 60.2 Å². The molecule has 1 saturated carbocycles. The van der Waals surface area contributed by atoms with Gasteiger partial charge in [-0.05, 0) is 42.5 Å². The topological polar surface area (TPSA) is 55.3 Å². The zero-order valence-electron chi connectivity index (χ0n) is 14.3. The molecule has 1 amide bonds. The van der Waals surface area contributed by atoms with Gasteiger partial charge in [0.2, 0.25) is 0 Å². The number of carbonyl (C=O) groups excluding carboxylic acids is 1. The first-order valence-corrected chi connectivity index (χ1v) is 8.94. The lowest BCUT2D eigenvalue weighted by Crippen LogP contribution is -2.35. The van der Waals surface area contributed by atoms with Crippen molar-refractivity contribution in [2.45, 2.75) is 25.9 Å². The van der Waals surface area contributed by atoms with Crippen LogP contribution in [-0.2, 0) is 11.3 Å². The molecule has 1 saturated heterocycles. The minimum atomic E-state index is 0.0432. The Morgan fingerprint density at radius 1 is 1.28 bits per heavy atom. The molecule has 0 spiro atoms. The lowest BCUT2D eigenvalue weighted by atomic mass is 9.81. The van der Waals surface area contributed by atoms with Crippen LogP contribution in [0.15, 0.2) is 48.9 Å². The summed E-state index contributed by atoms with van der Waals surface area (Å²) < 4.78 is 6.05. The van der Waals surface area contributed by atoms with Gasteiger partial charge in [-0.1, -0.05) is 18.6 Å². The molecule has 4 rings (SSSR count). The van der Waals surface area contributed by atoms with Crippen LogP contribution in [0.25, 0.3) is 0 Å². The van der Waals surface area contributed by atoms with Crippen molar-refractivity contribution in [1.82, 2.24) is 14.9 Å². The fourth-order valence-electron chi connectivity index (χ4n) is 4.31. The zero-order valence-corrected chi connectivity index (χ0v) is 14.3. The fraction of sp³-hybridized carbons (Fsp3) is 0.450. The van der Waals surface area contributed by atoms with Crippen LogP contribution >= 0.6 is 0 Å². The predicted molar refractivity (Wildman–Crippen MR) is 93.8 cm³/mol. The van der Waals surface area contributed by atoms with E-state index in [0.717, 1.165) is 25.1 Å². The lowest BCUT2D eigenvalue weighted by Gasteiger charge is -2.28. The molecule has 2 atom stereocenters. The molecule has 0 aromatic carbocycles. The number of fused-ring (bicyclic) bond motifs is 1. The van der Waals surface area contributed by atoms with Crippen molar-refractivity contribution in [1.29, 1.82) is 0 Å². The van der Waals surface area contributed by atoms with Crippen molar-refractivity contribution in [3.63, 3.8) is 0 Å². The van der Waals surface area contributed by atoms with Crippen LogP contribution in [-0.4, -0.2) is 40.5 Å². The number of carbonyl (C=O) groups is 1. The minimum absolute atomic E-state index is 0.0432. The van der Waals surface area contributed by atoms with E-state index in [4.69, 9.17) is 4.74 Å². The van der Waals surface area contributed by atoms with Crippen molar-refractivity contribution >= 4 is 5.91 Å². The molecule has 2 aromatic rings. The fourth-order valence-corrected chi connectivity index (χ4v) is 4.31. The largest absolute Gasteiger partial charge is 0.376 e. The van der Waals surface area contributed by atoms with E-state index < -0.39 is 0 Å². The van der Waals surface area contributed by atoms with Gasteiger partial charge in [-0.15, -0.1) is 0 Å². The summed E-state index contributed by atoms with van der Waals surface area (Å²) in [7, 11) is 0. The molecule has 5 heteroatoms. The summed E-state index contributed by atoms with van der Waals surface area (Å²) in [5.41, 5.74) is 1.73. The Bertz CT molecular complexity index is 722. The maximum absolute atomic E-state index is 12.7. The highest BCUT2D eigenvalue weighted by molar-refractivity contribution is 5.92. The third-order valence-corrected chi connectivity index (χ3v) is 5.59. The second-order valence-electron chi connectivity index (χ2n) is 7.21. The van der Waals surface area contributed by atoms with E-state index in [1.165, 1.54) is 12.8 Å². The molecule has 0 unspecified atom stereocenters. The first kappa shape index (κ1) is 16.2. The molecule has 130 valence electrons. The Morgan fingerprint density at radius 2 is 2.24 bits per heavy atom. The Labute approximate surface area is 148 Å². The molecular weight excluding hydrogens is 314 g/mol. The molecule has 0 radical (unpaired) electrons. The van der Waals surface area contributed by atoms with Gasteiger partial charge in [0.15, 0.2) is 0 Å². The number of nitrogens with zero attached hydrogens (tertiary/aromatic N) is 3. The number of hydrogen-bond acceptors (Lipinski definition) is 4. The van der Waals surface area contributed by atoms with Crippen LogP contribution in [0.3, 0.4) is 0 Å². The van der Waals surface area contributed by atoms with Gasteiger partial charge in [-0.3, -0.25) is 14.8 Å². The van der Waals surface area contributed by atoms with Gasteiger partial charge in [-0.2, -0.15) is 0 Å². The van der Waals surface area contributed by atoms with Crippen molar-refractivity contribution in [2.24, 2.45) is 11.3 Å². The summed E-state index contributed by atoms with van der Waals surface area (Å²) in [4.78, 5) is 23.0. The smallest absolute Gasteiger partial charge is 0.272 e. The highest BCUT2D eigenvalue weighted by atomic mass is 16.5. The Kier molecular flexibility index (Phi) is 4.49. The number of pyridine rings is 2. The molecule has 3 heterocycles. The molecule has 25 heavy (non-hydrogen) atoms. The van der Waals surface area contributed by atoms with Gasteiger partial charge in [0.25, 0.3) is 5.91 Å². The summed E-state index contributed by atoms with van der Waals surface area (Å²) in [6.07, 6.45) is 8.84. The lowest BCUT2D eigenvalue weighted by molar-refractivity contribution is 0.0264. The van der Waals surface area contributed by atoms with Gasteiger partial charge in [0, 0.05) is 37.1 Å². The maximum Gasteiger partial charge on any atom is 0.272 e.